The minimum Gasteiger partial charge on any atom is -0.305 e. The lowest BCUT2D eigenvalue weighted by Crippen LogP contribution is -1.98. The Morgan fingerprint density at radius 3 is 2.31 bits per heavy atom. The number of halogens is 2. The summed E-state index contributed by atoms with van der Waals surface area (Å²) in [6.07, 6.45) is 0. The summed E-state index contributed by atoms with van der Waals surface area (Å²) < 4.78 is 13.6. The molecule has 1 aromatic carbocycles. The monoisotopic (exact) mass is 239 g/mol. The summed E-state index contributed by atoms with van der Waals surface area (Å²) in [5.41, 5.74) is 3.62. The molecule has 1 aromatic rings. The Morgan fingerprint density at radius 2 is 1.81 bits per heavy atom. The van der Waals surface area contributed by atoms with Gasteiger partial charge >= 0.3 is 0 Å². The van der Waals surface area contributed by atoms with Crippen molar-refractivity contribution in [3.05, 3.63) is 39.7 Å². The average molecular weight is 240 g/mol. The molecular weight excluding hydrogens is 225 g/mol. The second kappa shape index (κ2) is 4.79. The molecule has 16 heavy (non-hydrogen) atoms. The maximum absolute atomic E-state index is 13.6. The Hall–Kier alpha value is -1.15. The predicted octanol–water partition coefficient (Wildman–Crippen LogP) is 4.62. The lowest BCUT2D eigenvalue weighted by atomic mass is 9.96. The van der Waals surface area contributed by atoms with Crippen molar-refractivity contribution < 1.29 is 4.39 Å². The summed E-state index contributed by atoms with van der Waals surface area (Å²) in [4.78, 5) is 0. The molecular formula is C13H15ClFN. The van der Waals surface area contributed by atoms with E-state index in [-0.39, 0.29) is 10.8 Å². The van der Waals surface area contributed by atoms with Gasteiger partial charge in [-0.15, -0.1) is 0 Å². The van der Waals surface area contributed by atoms with Crippen molar-refractivity contribution in [1.29, 1.82) is 5.41 Å². The van der Waals surface area contributed by atoms with Gasteiger partial charge in [0.1, 0.15) is 5.82 Å². The molecule has 0 aliphatic heterocycles. The molecule has 0 aromatic heterocycles. The Kier molecular flexibility index (Phi) is 3.87. The maximum atomic E-state index is 13.6. The molecule has 0 saturated carbocycles. The van der Waals surface area contributed by atoms with Crippen LogP contribution in [-0.4, -0.2) is 5.71 Å². The molecule has 0 aliphatic carbocycles. The lowest BCUT2D eigenvalue weighted by Gasteiger charge is -2.11. The zero-order chi connectivity index (χ0) is 12.5. The number of hydrogen-bond acceptors (Lipinski definition) is 1. The average Bonchev–Trinajstić information content (AvgIpc) is 2.24. The zero-order valence-electron chi connectivity index (χ0n) is 9.91. The second-order valence-corrected chi connectivity index (χ2v) is 4.32. The van der Waals surface area contributed by atoms with E-state index in [4.69, 9.17) is 17.0 Å². The van der Waals surface area contributed by atoms with Crippen LogP contribution in [-0.2, 0) is 0 Å². The van der Waals surface area contributed by atoms with E-state index in [1.165, 1.54) is 0 Å². The first kappa shape index (κ1) is 12.9. The van der Waals surface area contributed by atoms with E-state index in [9.17, 15) is 4.39 Å². The highest BCUT2D eigenvalue weighted by Gasteiger charge is 2.11. The highest BCUT2D eigenvalue weighted by atomic mass is 35.5. The van der Waals surface area contributed by atoms with Gasteiger partial charge in [-0.25, -0.2) is 4.39 Å². The predicted molar refractivity (Wildman–Crippen MR) is 67.8 cm³/mol. The summed E-state index contributed by atoms with van der Waals surface area (Å²) in [5.74, 6) is -0.381. The fourth-order valence-electron chi connectivity index (χ4n) is 1.54. The van der Waals surface area contributed by atoms with Crippen molar-refractivity contribution in [3.8, 4) is 0 Å². The Balaban J connectivity index is 3.42. The van der Waals surface area contributed by atoms with Crippen LogP contribution in [0.1, 0.15) is 31.9 Å². The molecule has 0 radical (unpaired) electrons. The number of nitrogens with one attached hydrogen (secondary N) is 1. The Labute approximate surface area is 100 Å². The standard InChI is InChI=1S/C13H15ClFN/c1-7(10(4)16)8(2)11-5-6-12(14)13(15)9(11)3/h5-6,16H,1-4H3/b8-7+,16-10?. The molecule has 0 bridgehead atoms. The van der Waals surface area contributed by atoms with Crippen molar-refractivity contribution in [2.75, 3.05) is 0 Å². The Morgan fingerprint density at radius 1 is 1.25 bits per heavy atom. The molecule has 0 aliphatic rings. The van der Waals surface area contributed by atoms with Gasteiger partial charge < -0.3 is 5.41 Å². The number of allylic oxidation sites excluding steroid dienone is 2. The minimum atomic E-state index is -0.381. The van der Waals surface area contributed by atoms with Crippen LogP contribution < -0.4 is 0 Å². The zero-order valence-corrected chi connectivity index (χ0v) is 10.7. The third-order valence-corrected chi connectivity index (χ3v) is 3.16. The van der Waals surface area contributed by atoms with Gasteiger partial charge in [-0.1, -0.05) is 17.7 Å². The van der Waals surface area contributed by atoms with E-state index >= 15 is 0 Å². The van der Waals surface area contributed by atoms with Crippen molar-refractivity contribution in [2.24, 2.45) is 0 Å². The molecule has 3 heteroatoms. The lowest BCUT2D eigenvalue weighted by molar-refractivity contribution is 0.618. The first-order valence-electron chi connectivity index (χ1n) is 5.04. The molecule has 0 spiro atoms. The van der Waals surface area contributed by atoms with Gasteiger partial charge in [0.2, 0.25) is 0 Å². The molecule has 86 valence electrons. The van der Waals surface area contributed by atoms with Gasteiger partial charge in [-0.05, 0) is 56.0 Å². The van der Waals surface area contributed by atoms with E-state index in [1.54, 1.807) is 26.0 Å². The number of benzene rings is 1. The van der Waals surface area contributed by atoms with E-state index in [0.29, 0.717) is 11.3 Å². The maximum Gasteiger partial charge on any atom is 0.145 e. The van der Waals surface area contributed by atoms with Crippen molar-refractivity contribution in [2.45, 2.75) is 27.7 Å². The van der Waals surface area contributed by atoms with Gasteiger partial charge in [-0.3, -0.25) is 0 Å². The van der Waals surface area contributed by atoms with Gasteiger partial charge in [0.25, 0.3) is 0 Å². The van der Waals surface area contributed by atoms with Crippen LogP contribution in [0, 0.1) is 18.2 Å². The number of hydrogen-bond donors (Lipinski definition) is 1. The molecule has 0 heterocycles. The van der Waals surface area contributed by atoms with E-state index in [2.05, 4.69) is 0 Å². The summed E-state index contributed by atoms with van der Waals surface area (Å²) in [6, 6.07) is 3.35. The quantitative estimate of drug-likeness (QED) is 0.729. The van der Waals surface area contributed by atoms with Gasteiger partial charge in [0, 0.05) is 5.71 Å². The normalized spacial score (nSPS) is 12.4. The number of rotatable bonds is 2. The largest absolute Gasteiger partial charge is 0.305 e. The van der Waals surface area contributed by atoms with E-state index < -0.39 is 0 Å². The van der Waals surface area contributed by atoms with Gasteiger partial charge in [0.15, 0.2) is 0 Å². The van der Waals surface area contributed by atoms with E-state index in [1.807, 2.05) is 13.8 Å². The van der Waals surface area contributed by atoms with Crippen LogP contribution in [0.4, 0.5) is 4.39 Å². The van der Waals surface area contributed by atoms with E-state index in [0.717, 1.165) is 16.7 Å². The summed E-state index contributed by atoms with van der Waals surface area (Å²) >= 11 is 5.70. The fourth-order valence-corrected chi connectivity index (χ4v) is 1.75. The van der Waals surface area contributed by atoms with Gasteiger partial charge in [0.05, 0.1) is 5.02 Å². The summed E-state index contributed by atoms with van der Waals surface area (Å²) in [6.45, 7) is 7.18. The fraction of sp³-hybridized carbons (Fsp3) is 0.308. The first-order valence-corrected chi connectivity index (χ1v) is 5.42. The van der Waals surface area contributed by atoms with Crippen molar-refractivity contribution in [3.63, 3.8) is 0 Å². The van der Waals surface area contributed by atoms with Crippen LogP contribution >= 0.6 is 11.6 Å². The highest BCUT2D eigenvalue weighted by molar-refractivity contribution is 6.30. The van der Waals surface area contributed by atoms with Crippen LogP contribution in [0.5, 0.6) is 0 Å². The third kappa shape index (κ3) is 2.33. The molecule has 1 rings (SSSR count). The first-order chi connectivity index (χ1) is 7.36. The van der Waals surface area contributed by atoms with Crippen LogP contribution in [0.3, 0.4) is 0 Å². The molecule has 1 nitrogen and oxygen atoms in total. The van der Waals surface area contributed by atoms with Crippen molar-refractivity contribution >= 4 is 22.9 Å². The SMILES string of the molecule is CC(=N)/C(C)=C(\C)c1ccc(Cl)c(F)c1C. The van der Waals surface area contributed by atoms with Crippen LogP contribution in [0.25, 0.3) is 5.57 Å². The Bertz CT molecular complexity index is 475. The van der Waals surface area contributed by atoms with Crippen LogP contribution in [0.2, 0.25) is 5.02 Å². The summed E-state index contributed by atoms with van der Waals surface area (Å²) in [7, 11) is 0. The smallest absolute Gasteiger partial charge is 0.145 e. The molecule has 1 N–H and O–H groups in total. The molecule has 0 unspecified atom stereocenters. The third-order valence-electron chi connectivity index (χ3n) is 2.87. The topological polar surface area (TPSA) is 23.9 Å². The summed E-state index contributed by atoms with van der Waals surface area (Å²) in [5, 5.41) is 7.71. The molecule has 0 atom stereocenters. The molecule has 0 saturated heterocycles. The molecule has 0 fully saturated rings. The van der Waals surface area contributed by atoms with Crippen LogP contribution in [0.15, 0.2) is 17.7 Å². The second-order valence-electron chi connectivity index (χ2n) is 3.91. The highest BCUT2D eigenvalue weighted by Crippen LogP contribution is 2.27. The van der Waals surface area contributed by atoms with Crippen molar-refractivity contribution in [1.82, 2.24) is 0 Å². The van der Waals surface area contributed by atoms with Gasteiger partial charge in [-0.2, -0.15) is 0 Å². The molecule has 0 amide bonds. The minimum absolute atomic E-state index is 0.137.